The number of hydrogen-bond donors (Lipinski definition) is 1. The van der Waals surface area contributed by atoms with E-state index in [1.54, 1.807) is 0 Å². The molecule has 0 saturated carbocycles. The van der Waals surface area contributed by atoms with Crippen LogP contribution in [0, 0.1) is 16.0 Å². The molecule has 7 heteroatoms. The van der Waals surface area contributed by atoms with Gasteiger partial charge in [0.2, 0.25) is 11.8 Å². The Kier molecular flexibility index (Phi) is 3.08. The predicted molar refractivity (Wildman–Crippen MR) is 63.7 cm³/mol. The summed E-state index contributed by atoms with van der Waals surface area (Å²) in [4.78, 5) is 20.0. The lowest BCUT2D eigenvalue weighted by molar-refractivity contribution is -0.384. The first-order valence-electron chi connectivity index (χ1n) is 5.60. The first-order valence-corrected chi connectivity index (χ1v) is 5.60. The van der Waals surface area contributed by atoms with Crippen molar-refractivity contribution in [3.05, 3.63) is 16.3 Å². The molecule has 2 N–H and O–H groups in total. The van der Waals surface area contributed by atoms with Gasteiger partial charge >= 0.3 is 5.69 Å². The quantitative estimate of drug-likeness (QED) is 0.613. The summed E-state index contributed by atoms with van der Waals surface area (Å²) in [5.41, 5.74) is 5.42. The maximum Gasteiger partial charge on any atom is 0.329 e. The molecule has 7 nitrogen and oxygen atoms in total. The van der Waals surface area contributed by atoms with Gasteiger partial charge in [0.05, 0.1) is 4.92 Å². The Morgan fingerprint density at radius 3 is 3.06 bits per heavy atom. The van der Waals surface area contributed by atoms with Crippen molar-refractivity contribution >= 4 is 17.5 Å². The molecule has 0 aromatic carbocycles. The van der Waals surface area contributed by atoms with Crippen molar-refractivity contribution in [3.63, 3.8) is 0 Å². The van der Waals surface area contributed by atoms with Gasteiger partial charge in [-0.25, -0.2) is 4.98 Å². The number of hydrogen-bond acceptors (Lipinski definition) is 6. The van der Waals surface area contributed by atoms with Gasteiger partial charge in [0.25, 0.3) is 0 Å². The number of piperidine rings is 1. The summed E-state index contributed by atoms with van der Waals surface area (Å²) in [6, 6.07) is 0. The molecule has 1 aromatic heterocycles. The molecule has 1 aromatic rings. The Morgan fingerprint density at radius 2 is 2.41 bits per heavy atom. The van der Waals surface area contributed by atoms with E-state index in [2.05, 4.69) is 16.9 Å². The first-order chi connectivity index (χ1) is 8.08. The molecule has 2 heterocycles. The van der Waals surface area contributed by atoms with Crippen molar-refractivity contribution in [2.75, 3.05) is 23.7 Å². The topological polar surface area (TPSA) is 98.2 Å². The van der Waals surface area contributed by atoms with Crippen LogP contribution in [0.1, 0.15) is 19.8 Å². The Hall–Kier alpha value is -1.92. The maximum absolute atomic E-state index is 10.9. The summed E-state index contributed by atoms with van der Waals surface area (Å²) in [5, 5.41) is 10.9. The van der Waals surface area contributed by atoms with Crippen LogP contribution in [0.5, 0.6) is 0 Å². The Bertz CT molecular complexity index is 437. The van der Waals surface area contributed by atoms with Crippen LogP contribution in [0.3, 0.4) is 0 Å². The number of nitrogens with zero attached hydrogens (tertiary/aromatic N) is 4. The smallest absolute Gasteiger partial charge is 0.329 e. The molecule has 2 rings (SSSR count). The minimum atomic E-state index is -0.464. The van der Waals surface area contributed by atoms with E-state index in [4.69, 9.17) is 5.73 Å². The molecule has 0 radical (unpaired) electrons. The zero-order valence-electron chi connectivity index (χ0n) is 9.67. The van der Waals surface area contributed by atoms with Crippen molar-refractivity contribution in [1.82, 2.24) is 9.97 Å². The van der Waals surface area contributed by atoms with E-state index in [-0.39, 0.29) is 11.6 Å². The highest BCUT2D eigenvalue weighted by molar-refractivity contribution is 5.58. The number of rotatable bonds is 2. The molecule has 0 aliphatic carbocycles. The molecule has 17 heavy (non-hydrogen) atoms. The van der Waals surface area contributed by atoms with E-state index in [1.165, 1.54) is 6.20 Å². The van der Waals surface area contributed by atoms with Gasteiger partial charge in [-0.3, -0.25) is 10.1 Å². The summed E-state index contributed by atoms with van der Waals surface area (Å²) in [7, 11) is 0. The highest BCUT2D eigenvalue weighted by Gasteiger charge is 2.25. The minimum Gasteiger partial charge on any atom is -0.368 e. The van der Waals surface area contributed by atoms with Crippen molar-refractivity contribution in [2.45, 2.75) is 19.8 Å². The molecule has 92 valence electrons. The minimum absolute atomic E-state index is 0.0730. The fourth-order valence-corrected chi connectivity index (χ4v) is 2.12. The second-order valence-electron chi connectivity index (χ2n) is 4.39. The van der Waals surface area contributed by atoms with Crippen molar-refractivity contribution < 1.29 is 4.92 Å². The molecule has 1 unspecified atom stereocenters. The lowest BCUT2D eigenvalue weighted by atomic mass is 10.0. The average Bonchev–Trinajstić information content (AvgIpc) is 2.28. The third-order valence-electron chi connectivity index (χ3n) is 2.92. The van der Waals surface area contributed by atoms with Gasteiger partial charge in [-0.2, -0.15) is 4.98 Å². The van der Waals surface area contributed by atoms with Gasteiger partial charge < -0.3 is 10.6 Å². The van der Waals surface area contributed by atoms with Gasteiger partial charge in [-0.05, 0) is 18.8 Å². The molecule has 1 aliphatic rings. The van der Waals surface area contributed by atoms with Crippen molar-refractivity contribution in [1.29, 1.82) is 0 Å². The van der Waals surface area contributed by atoms with Gasteiger partial charge in [-0.1, -0.05) is 6.92 Å². The van der Waals surface area contributed by atoms with Gasteiger partial charge in [0, 0.05) is 13.1 Å². The number of nitrogens with two attached hydrogens (primary N) is 1. The molecule has 0 bridgehead atoms. The molecule has 1 saturated heterocycles. The highest BCUT2D eigenvalue weighted by atomic mass is 16.6. The SMILES string of the molecule is CC1CCCN(c2nc(N)ncc2[N+](=O)[O-])C1. The van der Waals surface area contributed by atoms with Crippen LogP contribution in [0.2, 0.25) is 0 Å². The normalized spacial score (nSPS) is 20.3. The molecule has 0 amide bonds. The average molecular weight is 237 g/mol. The zero-order valence-corrected chi connectivity index (χ0v) is 9.67. The van der Waals surface area contributed by atoms with Gasteiger partial charge in [0.1, 0.15) is 6.20 Å². The van der Waals surface area contributed by atoms with Crippen LogP contribution in [-0.4, -0.2) is 28.0 Å². The van der Waals surface area contributed by atoms with E-state index >= 15 is 0 Å². The Balaban J connectivity index is 2.35. The Morgan fingerprint density at radius 1 is 1.65 bits per heavy atom. The van der Waals surface area contributed by atoms with E-state index < -0.39 is 4.92 Å². The second-order valence-corrected chi connectivity index (χ2v) is 4.39. The van der Waals surface area contributed by atoms with Crippen LogP contribution in [-0.2, 0) is 0 Å². The third kappa shape index (κ3) is 2.43. The summed E-state index contributed by atoms with van der Waals surface area (Å²) in [6.07, 6.45) is 3.34. The number of nitro groups is 1. The maximum atomic E-state index is 10.9. The largest absolute Gasteiger partial charge is 0.368 e. The third-order valence-corrected chi connectivity index (χ3v) is 2.92. The standard InChI is InChI=1S/C10H15N5O2/c1-7-3-2-4-14(6-7)9-8(15(16)17)5-12-10(11)13-9/h5,7H,2-4,6H2,1H3,(H2,11,12,13). The summed E-state index contributed by atoms with van der Waals surface area (Å²) >= 11 is 0. The lowest BCUT2D eigenvalue weighted by Gasteiger charge is -2.31. The van der Waals surface area contributed by atoms with Crippen LogP contribution in [0.15, 0.2) is 6.20 Å². The molecule has 1 aliphatic heterocycles. The second kappa shape index (κ2) is 4.52. The molecular formula is C10H15N5O2. The molecule has 1 fully saturated rings. The van der Waals surface area contributed by atoms with Crippen LogP contribution >= 0.6 is 0 Å². The monoisotopic (exact) mass is 237 g/mol. The van der Waals surface area contributed by atoms with Crippen molar-refractivity contribution in [2.24, 2.45) is 5.92 Å². The van der Waals surface area contributed by atoms with Gasteiger partial charge in [0.15, 0.2) is 0 Å². The van der Waals surface area contributed by atoms with E-state index in [1.807, 2.05) is 4.90 Å². The lowest BCUT2D eigenvalue weighted by Crippen LogP contribution is -2.35. The van der Waals surface area contributed by atoms with E-state index in [0.717, 1.165) is 25.9 Å². The highest BCUT2D eigenvalue weighted by Crippen LogP contribution is 2.29. The molecule has 1 atom stereocenters. The zero-order chi connectivity index (χ0) is 12.4. The number of aromatic nitrogens is 2. The van der Waals surface area contributed by atoms with Gasteiger partial charge in [-0.15, -0.1) is 0 Å². The summed E-state index contributed by atoms with van der Waals surface area (Å²) < 4.78 is 0. The predicted octanol–water partition coefficient (Wildman–Crippen LogP) is 1.20. The van der Waals surface area contributed by atoms with Crippen LogP contribution in [0.25, 0.3) is 0 Å². The molecule has 0 spiro atoms. The Labute approximate surface area is 98.8 Å². The fraction of sp³-hybridized carbons (Fsp3) is 0.600. The number of nitrogen functional groups attached to an aromatic ring is 1. The first kappa shape index (κ1) is 11.6. The number of anilines is 2. The van der Waals surface area contributed by atoms with E-state index in [0.29, 0.717) is 11.7 Å². The van der Waals surface area contributed by atoms with Crippen molar-refractivity contribution in [3.8, 4) is 0 Å². The van der Waals surface area contributed by atoms with Crippen LogP contribution in [0.4, 0.5) is 17.5 Å². The molecular weight excluding hydrogens is 222 g/mol. The summed E-state index contributed by atoms with van der Waals surface area (Å²) in [6.45, 7) is 3.68. The van der Waals surface area contributed by atoms with E-state index in [9.17, 15) is 10.1 Å². The fourth-order valence-electron chi connectivity index (χ4n) is 2.12. The summed E-state index contributed by atoms with van der Waals surface area (Å²) in [5.74, 6) is 0.928. The van der Waals surface area contributed by atoms with Crippen LogP contribution < -0.4 is 10.6 Å².